The minimum absolute atomic E-state index is 0.0600. The molecule has 6 heterocycles. The maximum Gasteiger partial charge on any atom is 0.504 e. The van der Waals surface area contributed by atoms with Gasteiger partial charge < -0.3 is 14.3 Å². The van der Waals surface area contributed by atoms with E-state index in [0.29, 0.717) is 30.6 Å². The lowest BCUT2D eigenvalue weighted by molar-refractivity contribution is -0.212. The molecule has 6 rings (SSSR count). The molecule has 0 saturated heterocycles. The lowest BCUT2D eigenvalue weighted by atomic mass is 9.98. The second-order valence-corrected chi connectivity index (χ2v) is 8.99. The summed E-state index contributed by atoms with van der Waals surface area (Å²) in [6, 6.07) is 5.26. The maximum atomic E-state index is 13.6. The summed E-state index contributed by atoms with van der Waals surface area (Å²) < 4.78 is 45.8. The molecule has 1 aliphatic heterocycles. The number of aromatic amines is 1. The van der Waals surface area contributed by atoms with Crippen LogP contribution in [0.15, 0.2) is 47.5 Å². The molecule has 11 nitrogen and oxygen atoms in total. The van der Waals surface area contributed by atoms with Crippen molar-refractivity contribution < 1.29 is 22.4 Å². The van der Waals surface area contributed by atoms with Crippen LogP contribution in [-0.2, 0) is 12.7 Å². The summed E-state index contributed by atoms with van der Waals surface area (Å²) in [7, 11) is 0. The molecular formula is C23H20F3N9O2. The highest BCUT2D eigenvalue weighted by atomic mass is 19.4. The lowest BCUT2D eigenvalue weighted by Crippen LogP contribution is -2.41. The smallest absolute Gasteiger partial charge is 0.412 e. The predicted octanol–water partition coefficient (Wildman–Crippen LogP) is 3.69. The zero-order valence-corrected chi connectivity index (χ0v) is 19.6. The number of alkyl halides is 3. The molecule has 5 aromatic heterocycles. The number of nitrogens with one attached hydrogen (secondary N) is 1. The van der Waals surface area contributed by atoms with Gasteiger partial charge in [0.25, 0.3) is 5.89 Å². The van der Waals surface area contributed by atoms with Gasteiger partial charge in [-0.1, -0.05) is 19.9 Å². The fourth-order valence-electron chi connectivity index (χ4n) is 4.59. The highest BCUT2D eigenvalue weighted by Gasteiger charge is 2.38. The van der Waals surface area contributed by atoms with Gasteiger partial charge in [0, 0.05) is 31.1 Å². The predicted molar refractivity (Wildman–Crippen MR) is 121 cm³/mol. The second kappa shape index (κ2) is 8.28. The number of halogens is 3. The van der Waals surface area contributed by atoms with Crippen LogP contribution in [-0.4, -0.2) is 56.9 Å². The molecule has 0 radical (unpaired) electrons. The van der Waals surface area contributed by atoms with Gasteiger partial charge in [0.15, 0.2) is 0 Å². The van der Waals surface area contributed by atoms with E-state index in [1.807, 2.05) is 24.4 Å². The maximum absolute atomic E-state index is 13.6. The Morgan fingerprint density at radius 3 is 2.86 bits per heavy atom. The Labute approximate surface area is 206 Å². The van der Waals surface area contributed by atoms with Crippen molar-refractivity contribution >= 4 is 11.4 Å². The van der Waals surface area contributed by atoms with E-state index in [1.54, 1.807) is 10.8 Å². The number of fused-ring (bicyclic) bond motifs is 2. The summed E-state index contributed by atoms with van der Waals surface area (Å²) in [4.78, 5) is 22.7. The number of amides is 1. The molecule has 1 aliphatic rings. The third-order valence-electron chi connectivity index (χ3n) is 6.34. The van der Waals surface area contributed by atoms with Crippen LogP contribution in [0.4, 0.5) is 13.2 Å². The number of pyridine rings is 1. The van der Waals surface area contributed by atoms with E-state index in [2.05, 4.69) is 39.1 Å². The van der Waals surface area contributed by atoms with Crippen molar-refractivity contribution in [3.05, 3.63) is 71.7 Å². The Morgan fingerprint density at radius 2 is 2.11 bits per heavy atom. The second-order valence-electron chi connectivity index (χ2n) is 8.99. The van der Waals surface area contributed by atoms with Gasteiger partial charge in [0.05, 0.1) is 35.0 Å². The first-order chi connectivity index (χ1) is 17.7. The number of nitrogens with zero attached hydrogens (tertiary/aromatic N) is 8. The molecule has 1 amide bonds. The van der Waals surface area contributed by atoms with Gasteiger partial charge in [0.1, 0.15) is 6.04 Å². The van der Waals surface area contributed by atoms with Crippen LogP contribution >= 0.6 is 0 Å². The van der Waals surface area contributed by atoms with Gasteiger partial charge in [-0.3, -0.25) is 4.79 Å². The molecule has 1 unspecified atom stereocenters. The Bertz CT molecular complexity index is 1610. The van der Waals surface area contributed by atoms with Crippen LogP contribution in [0.3, 0.4) is 0 Å². The number of aromatic nitrogens is 8. The number of rotatable bonds is 4. The molecule has 190 valence electrons. The molecular weight excluding hydrogens is 491 g/mol. The van der Waals surface area contributed by atoms with Crippen molar-refractivity contribution in [2.24, 2.45) is 0 Å². The summed E-state index contributed by atoms with van der Waals surface area (Å²) >= 11 is 0. The molecule has 0 bridgehead atoms. The minimum Gasteiger partial charge on any atom is -0.412 e. The number of hydrogen-bond donors (Lipinski definition) is 1. The largest absolute Gasteiger partial charge is 0.504 e. The monoisotopic (exact) mass is 511 g/mol. The zero-order chi connectivity index (χ0) is 25.9. The van der Waals surface area contributed by atoms with Gasteiger partial charge in [-0.15, -0.1) is 23.4 Å². The Morgan fingerprint density at radius 1 is 1.27 bits per heavy atom. The van der Waals surface area contributed by atoms with Gasteiger partial charge in [0.2, 0.25) is 0 Å². The molecule has 5 aromatic rings. The number of carbonyl (C=O) groups is 1. The zero-order valence-electron chi connectivity index (χ0n) is 19.6. The number of hydrogen-bond acceptors (Lipinski definition) is 7. The average Bonchev–Trinajstić information content (AvgIpc) is 3.66. The van der Waals surface area contributed by atoms with E-state index in [4.69, 9.17) is 9.52 Å². The molecule has 0 spiro atoms. The SMILES string of the molecule is CC(C)c1cccn2nc(C3c4nc[nH]c4CCN3C(=O)c3nnc(-c4cnn(C(F)(F)F)c4)o3)cc12. The minimum atomic E-state index is -4.69. The molecule has 0 saturated carbocycles. The van der Waals surface area contributed by atoms with Gasteiger partial charge in [-0.25, -0.2) is 9.50 Å². The highest BCUT2D eigenvalue weighted by Crippen LogP contribution is 2.35. The first kappa shape index (κ1) is 22.9. The quantitative estimate of drug-likeness (QED) is 0.390. The van der Waals surface area contributed by atoms with Crippen LogP contribution in [0.5, 0.6) is 0 Å². The van der Waals surface area contributed by atoms with Gasteiger partial charge in [-0.2, -0.15) is 14.9 Å². The Balaban J connectivity index is 1.37. The fourth-order valence-corrected chi connectivity index (χ4v) is 4.59. The van der Waals surface area contributed by atoms with Crippen LogP contribution in [0.25, 0.3) is 17.0 Å². The lowest BCUT2D eigenvalue weighted by Gasteiger charge is -2.32. The standard InChI is InChI=1S/C23H20F3N9O2/c1-12(2)14-4-3-6-34-17(14)8-16(32-34)19-18-15(27-11-28-18)5-7-33(19)22(36)21-31-30-20(37-21)13-9-29-35(10-13)23(24,25)26/h3-4,6,8-12,19H,5,7H2,1-2H3,(H,27,28). The summed E-state index contributed by atoms with van der Waals surface area (Å²) in [6.45, 7) is 4.50. The van der Waals surface area contributed by atoms with Gasteiger partial charge >= 0.3 is 18.1 Å². The summed E-state index contributed by atoms with van der Waals surface area (Å²) in [5.74, 6) is -0.925. The molecule has 0 fully saturated rings. The molecule has 1 atom stereocenters. The van der Waals surface area contributed by atoms with E-state index in [-0.39, 0.29) is 27.9 Å². The average molecular weight is 511 g/mol. The van der Waals surface area contributed by atoms with Crippen molar-refractivity contribution in [1.82, 2.24) is 44.5 Å². The van der Waals surface area contributed by atoms with Crippen LogP contribution in [0, 0.1) is 0 Å². The van der Waals surface area contributed by atoms with E-state index in [1.165, 1.54) is 4.90 Å². The van der Waals surface area contributed by atoms with Gasteiger partial charge in [-0.05, 0) is 23.6 Å². The number of carbonyl (C=O) groups excluding carboxylic acids is 1. The highest BCUT2D eigenvalue weighted by molar-refractivity contribution is 5.90. The van der Waals surface area contributed by atoms with Crippen molar-refractivity contribution in [3.8, 4) is 11.5 Å². The summed E-state index contributed by atoms with van der Waals surface area (Å²) in [5, 5.41) is 15.6. The summed E-state index contributed by atoms with van der Waals surface area (Å²) in [5.41, 5.74) is 4.12. The Kier molecular flexibility index (Phi) is 5.14. The van der Waals surface area contributed by atoms with Crippen molar-refractivity contribution in [2.75, 3.05) is 6.54 Å². The Hall–Kier alpha value is -4.49. The van der Waals surface area contributed by atoms with Crippen molar-refractivity contribution in [1.29, 1.82) is 0 Å². The number of imidazole rings is 1. The third-order valence-corrected chi connectivity index (χ3v) is 6.34. The molecule has 37 heavy (non-hydrogen) atoms. The molecule has 0 aliphatic carbocycles. The molecule has 1 N–H and O–H groups in total. The van der Waals surface area contributed by atoms with Crippen LogP contribution < -0.4 is 0 Å². The van der Waals surface area contributed by atoms with E-state index in [9.17, 15) is 18.0 Å². The normalized spacial score (nSPS) is 16.1. The molecule has 0 aromatic carbocycles. The van der Waals surface area contributed by atoms with Crippen molar-refractivity contribution in [2.45, 2.75) is 38.5 Å². The topological polar surface area (TPSA) is 123 Å². The van der Waals surface area contributed by atoms with E-state index in [0.717, 1.165) is 23.0 Å². The summed E-state index contributed by atoms with van der Waals surface area (Å²) in [6.07, 6.45) is 0.896. The molecule has 14 heteroatoms. The number of H-pyrrole nitrogens is 1. The van der Waals surface area contributed by atoms with E-state index >= 15 is 0 Å². The van der Waals surface area contributed by atoms with Crippen molar-refractivity contribution in [3.63, 3.8) is 0 Å². The van der Waals surface area contributed by atoms with Crippen LogP contribution in [0.1, 0.15) is 59.1 Å². The first-order valence-electron chi connectivity index (χ1n) is 11.5. The fraction of sp³-hybridized carbons (Fsp3) is 0.304. The van der Waals surface area contributed by atoms with Crippen LogP contribution in [0.2, 0.25) is 0 Å². The first-order valence-corrected chi connectivity index (χ1v) is 11.5. The van der Waals surface area contributed by atoms with E-state index < -0.39 is 18.2 Å². The third kappa shape index (κ3) is 3.84.